The third-order valence-corrected chi connectivity index (χ3v) is 10.0. The largest absolute Gasteiger partial charge is 0.485 e. The Kier molecular flexibility index (Phi) is 7.46. The molecule has 12 heteroatoms. The normalized spacial score (nSPS) is 28.7. The number of rotatable bonds is 7. The molecule has 5 heterocycles. The lowest BCUT2D eigenvalue weighted by Crippen LogP contribution is -2.55. The molecular formula is C30H32ClFN4O5S. The molecule has 5 aliphatic heterocycles. The Hall–Kier alpha value is -2.99. The van der Waals surface area contributed by atoms with E-state index in [1.54, 1.807) is 12.1 Å². The maximum atomic E-state index is 14.7. The van der Waals surface area contributed by atoms with E-state index in [0.717, 1.165) is 50.7 Å². The van der Waals surface area contributed by atoms with Crippen LogP contribution in [0.25, 0.3) is 0 Å². The molecule has 2 saturated heterocycles. The van der Waals surface area contributed by atoms with Crippen LogP contribution in [0.5, 0.6) is 11.5 Å². The summed E-state index contributed by atoms with van der Waals surface area (Å²) >= 11 is 7.29. The van der Waals surface area contributed by atoms with Crippen molar-refractivity contribution >= 4 is 40.9 Å². The molecule has 2 aromatic carbocycles. The second-order valence-electron chi connectivity index (χ2n) is 11.3. The highest BCUT2D eigenvalue weighted by Gasteiger charge is 2.44. The molecule has 5 atom stereocenters. The topological polar surface area (TPSA) is 87.1 Å². The first-order chi connectivity index (χ1) is 20.3. The van der Waals surface area contributed by atoms with Crippen LogP contribution in [0.4, 0.5) is 10.1 Å². The predicted molar refractivity (Wildman–Crippen MR) is 159 cm³/mol. The second-order valence-corrected chi connectivity index (χ2v) is 12.9. The molecule has 0 aromatic heterocycles. The fourth-order valence-electron chi connectivity index (χ4n) is 6.22. The number of hydrogen-bond donors (Lipinski definition) is 1. The Labute approximate surface area is 252 Å². The zero-order valence-corrected chi connectivity index (χ0v) is 24.7. The quantitative estimate of drug-likeness (QED) is 0.487. The van der Waals surface area contributed by atoms with E-state index in [4.69, 9.17) is 30.8 Å². The van der Waals surface area contributed by atoms with Gasteiger partial charge >= 0.3 is 5.97 Å². The summed E-state index contributed by atoms with van der Waals surface area (Å²) in [6.45, 7) is 6.96. The van der Waals surface area contributed by atoms with E-state index in [1.165, 1.54) is 17.8 Å². The highest BCUT2D eigenvalue weighted by molar-refractivity contribution is 8.04. The van der Waals surface area contributed by atoms with Crippen molar-refractivity contribution in [1.82, 2.24) is 9.80 Å². The monoisotopic (exact) mass is 614 g/mol. The highest BCUT2D eigenvalue weighted by atomic mass is 35.5. The number of thioether (sulfide) groups is 1. The number of anilines is 1. The maximum Gasteiger partial charge on any atom is 0.341 e. The van der Waals surface area contributed by atoms with E-state index in [1.807, 2.05) is 24.3 Å². The summed E-state index contributed by atoms with van der Waals surface area (Å²) in [6, 6.07) is 10.6. The van der Waals surface area contributed by atoms with Gasteiger partial charge in [0.2, 0.25) is 0 Å². The van der Waals surface area contributed by atoms with Gasteiger partial charge < -0.3 is 29.1 Å². The predicted octanol–water partition coefficient (Wildman–Crippen LogP) is 4.42. The molecule has 0 saturated carbocycles. The number of halogens is 2. The van der Waals surface area contributed by atoms with Crippen molar-refractivity contribution in [1.29, 1.82) is 0 Å². The fraction of sp³-hybridized carbons (Fsp3) is 0.467. The minimum absolute atomic E-state index is 0.0525. The van der Waals surface area contributed by atoms with Gasteiger partial charge in [0.15, 0.2) is 17.6 Å². The maximum absolute atomic E-state index is 14.7. The molecule has 222 valence electrons. The van der Waals surface area contributed by atoms with E-state index in [9.17, 15) is 14.3 Å². The average molecular weight is 615 g/mol. The van der Waals surface area contributed by atoms with Gasteiger partial charge in [0.1, 0.15) is 23.6 Å². The zero-order valence-electron chi connectivity index (χ0n) is 23.1. The van der Waals surface area contributed by atoms with Gasteiger partial charge in [0, 0.05) is 49.4 Å². The van der Waals surface area contributed by atoms with Gasteiger partial charge in [-0.2, -0.15) is 0 Å². The Morgan fingerprint density at radius 3 is 2.86 bits per heavy atom. The average Bonchev–Trinajstić information content (AvgIpc) is 3.50. The molecule has 9 nitrogen and oxygen atoms in total. The van der Waals surface area contributed by atoms with Crippen LogP contribution in [-0.4, -0.2) is 96.2 Å². The number of piperazine rings is 1. The molecule has 2 fully saturated rings. The third-order valence-electron chi connectivity index (χ3n) is 8.60. The van der Waals surface area contributed by atoms with Gasteiger partial charge in [-0.3, -0.25) is 9.89 Å². The van der Waals surface area contributed by atoms with Gasteiger partial charge in [-0.1, -0.05) is 35.5 Å². The Morgan fingerprint density at radius 1 is 1.26 bits per heavy atom. The van der Waals surface area contributed by atoms with Gasteiger partial charge in [-0.05, 0) is 43.7 Å². The van der Waals surface area contributed by atoms with E-state index < -0.39 is 17.9 Å². The number of amidine groups is 1. The van der Waals surface area contributed by atoms with Crippen LogP contribution in [0.15, 0.2) is 52.4 Å². The second kappa shape index (κ2) is 11.3. The molecule has 2 aromatic rings. The highest BCUT2D eigenvalue weighted by Crippen LogP contribution is 2.45. The molecule has 0 radical (unpaired) electrons. The van der Waals surface area contributed by atoms with Crippen LogP contribution >= 0.6 is 23.4 Å². The van der Waals surface area contributed by atoms with Gasteiger partial charge in [-0.25, -0.2) is 9.18 Å². The number of hydrogen-bond acceptors (Lipinski definition) is 9. The fourth-order valence-corrected chi connectivity index (χ4v) is 7.50. The molecule has 0 amide bonds. The third kappa shape index (κ3) is 5.21. The Bertz CT molecular complexity index is 1450. The summed E-state index contributed by atoms with van der Waals surface area (Å²) in [6.07, 6.45) is 2.44. The summed E-state index contributed by atoms with van der Waals surface area (Å²) in [5, 5.41) is 9.72. The first-order valence-corrected chi connectivity index (χ1v) is 15.5. The van der Waals surface area contributed by atoms with Crippen LogP contribution in [0.2, 0.25) is 5.02 Å². The summed E-state index contributed by atoms with van der Waals surface area (Å²) < 4.78 is 32.8. The number of carboxylic acids is 1. The van der Waals surface area contributed by atoms with Crippen molar-refractivity contribution in [2.45, 2.75) is 43.0 Å². The number of aliphatic imine (C=N–C) groups is 1. The zero-order chi connectivity index (χ0) is 29.0. The van der Waals surface area contributed by atoms with E-state index >= 15 is 0 Å². The minimum Gasteiger partial charge on any atom is -0.485 e. The molecule has 1 N–H and O–H groups in total. The Morgan fingerprint density at radius 2 is 2.12 bits per heavy atom. The van der Waals surface area contributed by atoms with Crippen LogP contribution in [0.3, 0.4) is 0 Å². The number of nitrogens with zero attached hydrogens (tertiary/aromatic N) is 4. The SMILES string of the molecule is C[C@H]1CN(c2cccc3c2O[C@@H](c2ccc(Cl)cc2F)CO3)CCN1CC1=NC2SC(C(=O)O)=CC2N1C[C@@H]1CCO1. The van der Waals surface area contributed by atoms with Crippen LogP contribution in [-0.2, 0) is 9.53 Å². The number of fused-ring (bicyclic) bond motifs is 2. The van der Waals surface area contributed by atoms with Crippen molar-refractivity contribution in [3.8, 4) is 11.5 Å². The van der Waals surface area contributed by atoms with Crippen LogP contribution in [0, 0.1) is 5.82 Å². The van der Waals surface area contributed by atoms with Crippen molar-refractivity contribution in [3.63, 3.8) is 0 Å². The number of carbonyl (C=O) groups is 1. The lowest BCUT2D eigenvalue weighted by atomic mass is 10.1. The van der Waals surface area contributed by atoms with E-state index in [2.05, 4.69) is 21.6 Å². The molecular weight excluding hydrogens is 583 g/mol. The van der Waals surface area contributed by atoms with Crippen molar-refractivity contribution in [2.75, 3.05) is 50.8 Å². The minimum atomic E-state index is -0.891. The number of ether oxygens (including phenoxy) is 3. The van der Waals surface area contributed by atoms with Gasteiger partial charge in [0.05, 0.1) is 29.3 Å². The first-order valence-electron chi connectivity index (χ1n) is 14.3. The summed E-state index contributed by atoms with van der Waals surface area (Å²) in [5.74, 6) is 0.972. The first kappa shape index (κ1) is 27.8. The number of aliphatic carboxylic acids is 1. The number of carboxylic acid groups (broad SMARTS) is 1. The van der Waals surface area contributed by atoms with Crippen LogP contribution < -0.4 is 14.4 Å². The van der Waals surface area contributed by atoms with Crippen molar-refractivity contribution in [3.05, 3.63) is 63.8 Å². The molecule has 0 spiro atoms. The lowest BCUT2D eigenvalue weighted by Gasteiger charge is -2.43. The van der Waals surface area contributed by atoms with Crippen LogP contribution in [0.1, 0.15) is 25.0 Å². The summed E-state index contributed by atoms with van der Waals surface area (Å²) in [5.41, 5.74) is 1.35. The number of benzene rings is 2. The molecule has 42 heavy (non-hydrogen) atoms. The summed E-state index contributed by atoms with van der Waals surface area (Å²) in [4.78, 5) is 23.9. The molecule has 7 rings (SSSR count). The van der Waals surface area contributed by atoms with Gasteiger partial charge in [0.25, 0.3) is 0 Å². The van der Waals surface area contributed by atoms with E-state index in [0.29, 0.717) is 33.5 Å². The molecule has 5 aliphatic rings. The molecule has 2 unspecified atom stereocenters. The number of para-hydroxylation sites is 1. The Balaban J connectivity index is 1.05. The van der Waals surface area contributed by atoms with Gasteiger partial charge in [-0.15, -0.1) is 0 Å². The smallest absolute Gasteiger partial charge is 0.341 e. The van der Waals surface area contributed by atoms with Crippen molar-refractivity contribution in [2.24, 2.45) is 4.99 Å². The standard InChI is InChI=1S/C30H32ClFN4O5S/c1-17-13-35(22-3-2-4-24-28(22)41-25(16-40-24)20-6-5-18(31)11-21(20)32)9-8-34(17)15-27-33-29-23(12-26(42-29)30(37)38)36(27)14-19-7-10-39-19/h2-6,11-12,17,19,23,25,29H,7-10,13-16H2,1H3,(H,37,38)/t17-,19-,23?,25+,29?/m0/s1. The van der Waals surface area contributed by atoms with E-state index in [-0.39, 0.29) is 30.2 Å². The lowest BCUT2D eigenvalue weighted by molar-refractivity contribution is -0.131. The molecule has 0 aliphatic carbocycles. The van der Waals surface area contributed by atoms with Crippen molar-refractivity contribution < 1.29 is 28.5 Å². The summed E-state index contributed by atoms with van der Waals surface area (Å²) in [7, 11) is 0. The molecule has 0 bridgehead atoms.